The maximum Gasteiger partial charge on any atom is 0.418 e. The Morgan fingerprint density at radius 1 is 0.870 bits per heavy atom. The summed E-state index contributed by atoms with van der Waals surface area (Å²) in [5, 5.41) is 4.16. The van der Waals surface area contributed by atoms with Crippen molar-refractivity contribution in [3.8, 4) is 5.75 Å². The number of rotatable bonds is 11. The molecular formula is C36H38Cl2F3NO3Si. The van der Waals surface area contributed by atoms with Crippen LogP contribution >= 0.6 is 23.2 Å². The predicted octanol–water partition coefficient (Wildman–Crippen LogP) is 9.41. The second-order valence-electron chi connectivity index (χ2n) is 12.2. The standard InChI is InChI=1S/C36H38Cl2F3NO3Si/c1-24-18-19-25(21-33(24)44-5)28(34(43)42-32-23-31(38)30(37)22-29(32)36(39,40)41)17-12-20-45-46(35(2,3)4,26-13-8-6-9-14-26)27-15-10-7-11-16-27/h6-11,13-16,18-19,21-23,28H,12,17,20H2,1-5H3,(H,42,43). The Hall–Kier alpha value is -3.30. The summed E-state index contributed by atoms with van der Waals surface area (Å²) in [5.74, 6) is -0.850. The van der Waals surface area contributed by atoms with Gasteiger partial charge in [0.1, 0.15) is 5.75 Å². The number of nitrogens with one attached hydrogen (secondary N) is 1. The third kappa shape index (κ3) is 7.80. The zero-order chi connectivity index (χ0) is 33.7. The highest BCUT2D eigenvalue weighted by Gasteiger charge is 2.50. The summed E-state index contributed by atoms with van der Waals surface area (Å²) >= 11 is 12.0. The van der Waals surface area contributed by atoms with Gasteiger partial charge in [0.05, 0.1) is 34.3 Å². The molecule has 0 aromatic heterocycles. The van der Waals surface area contributed by atoms with Gasteiger partial charge >= 0.3 is 6.18 Å². The Balaban J connectivity index is 1.67. The topological polar surface area (TPSA) is 47.6 Å². The Morgan fingerprint density at radius 2 is 1.43 bits per heavy atom. The van der Waals surface area contributed by atoms with Crippen LogP contribution in [0, 0.1) is 6.92 Å². The molecule has 1 atom stereocenters. The van der Waals surface area contributed by atoms with Gasteiger partial charge in [-0.1, -0.05) is 117 Å². The van der Waals surface area contributed by atoms with Crippen LogP contribution in [0.4, 0.5) is 18.9 Å². The highest BCUT2D eigenvalue weighted by atomic mass is 35.5. The lowest BCUT2D eigenvalue weighted by atomic mass is 9.92. The number of carbonyl (C=O) groups excluding carboxylic acids is 1. The van der Waals surface area contributed by atoms with E-state index in [0.717, 1.165) is 28.1 Å². The minimum atomic E-state index is -4.76. The van der Waals surface area contributed by atoms with Gasteiger partial charge in [0.15, 0.2) is 0 Å². The molecule has 0 fully saturated rings. The van der Waals surface area contributed by atoms with Crippen molar-refractivity contribution in [1.29, 1.82) is 0 Å². The maximum absolute atomic E-state index is 13.9. The third-order valence-electron chi connectivity index (χ3n) is 8.15. The Bertz CT molecular complexity index is 1610. The highest BCUT2D eigenvalue weighted by Crippen LogP contribution is 2.41. The van der Waals surface area contributed by atoms with Crippen LogP contribution in [-0.2, 0) is 15.4 Å². The van der Waals surface area contributed by atoms with E-state index < -0.39 is 37.6 Å². The summed E-state index contributed by atoms with van der Waals surface area (Å²) in [6.07, 6.45) is -3.99. The normalized spacial score (nSPS) is 12.9. The van der Waals surface area contributed by atoms with E-state index in [1.165, 1.54) is 7.11 Å². The monoisotopic (exact) mass is 687 g/mol. The van der Waals surface area contributed by atoms with Crippen LogP contribution in [0.15, 0.2) is 91.0 Å². The van der Waals surface area contributed by atoms with Crippen LogP contribution < -0.4 is 20.4 Å². The smallest absolute Gasteiger partial charge is 0.418 e. The molecule has 1 N–H and O–H groups in total. The van der Waals surface area contributed by atoms with E-state index >= 15 is 0 Å². The molecule has 0 bridgehead atoms. The molecule has 4 aromatic rings. The highest BCUT2D eigenvalue weighted by molar-refractivity contribution is 6.99. The molecule has 4 rings (SSSR count). The molecule has 0 spiro atoms. The summed E-state index contributed by atoms with van der Waals surface area (Å²) in [4.78, 5) is 13.8. The van der Waals surface area contributed by atoms with Crippen molar-refractivity contribution in [2.24, 2.45) is 0 Å². The van der Waals surface area contributed by atoms with Crippen molar-refractivity contribution in [3.05, 3.63) is 118 Å². The summed E-state index contributed by atoms with van der Waals surface area (Å²) in [6, 6.07) is 27.6. The lowest BCUT2D eigenvalue weighted by Crippen LogP contribution is -2.66. The van der Waals surface area contributed by atoms with Crippen molar-refractivity contribution in [3.63, 3.8) is 0 Å². The van der Waals surface area contributed by atoms with Crippen molar-refractivity contribution >= 4 is 53.5 Å². The van der Waals surface area contributed by atoms with Gasteiger partial charge in [0.2, 0.25) is 5.91 Å². The average Bonchev–Trinajstić information content (AvgIpc) is 3.01. The molecule has 0 saturated carbocycles. The number of alkyl halides is 3. The molecule has 0 aliphatic rings. The van der Waals surface area contributed by atoms with E-state index in [-0.39, 0.29) is 15.1 Å². The number of benzene rings is 4. The number of amides is 1. The SMILES string of the molecule is COc1cc(C(CCCO[Si](c2ccccc2)(c2ccccc2)C(C)(C)C)C(=O)Nc2cc(Cl)c(Cl)cc2C(F)(F)F)ccc1C. The third-order valence-corrected chi connectivity index (χ3v) is 13.9. The molecule has 0 saturated heterocycles. The number of carbonyl (C=O) groups is 1. The van der Waals surface area contributed by atoms with Crippen LogP contribution in [-0.4, -0.2) is 27.9 Å². The number of hydrogen-bond donors (Lipinski definition) is 1. The molecule has 10 heteroatoms. The molecule has 0 aliphatic heterocycles. The zero-order valence-electron chi connectivity index (χ0n) is 26.5. The maximum atomic E-state index is 13.9. The van der Waals surface area contributed by atoms with Gasteiger partial charge in [-0.15, -0.1) is 0 Å². The first-order valence-corrected chi connectivity index (χ1v) is 17.6. The summed E-state index contributed by atoms with van der Waals surface area (Å²) in [5.41, 5.74) is -0.0617. The fraction of sp³-hybridized carbons (Fsp3) is 0.306. The molecule has 244 valence electrons. The van der Waals surface area contributed by atoms with Crippen molar-refractivity contribution in [2.45, 2.75) is 57.7 Å². The van der Waals surface area contributed by atoms with Gasteiger partial charge in [0, 0.05) is 6.61 Å². The molecule has 4 aromatic carbocycles. The molecule has 46 heavy (non-hydrogen) atoms. The number of halogens is 5. The van der Waals surface area contributed by atoms with Gasteiger partial charge in [-0.25, -0.2) is 0 Å². The van der Waals surface area contributed by atoms with Crippen molar-refractivity contribution in [2.75, 3.05) is 19.0 Å². The van der Waals surface area contributed by atoms with Gasteiger partial charge in [-0.2, -0.15) is 13.2 Å². The number of methoxy groups -OCH3 is 1. The van der Waals surface area contributed by atoms with Gasteiger partial charge in [-0.05, 0) is 64.5 Å². The lowest BCUT2D eigenvalue weighted by Gasteiger charge is -2.43. The average molecular weight is 689 g/mol. The van der Waals surface area contributed by atoms with Crippen LogP contribution in [0.5, 0.6) is 5.75 Å². The van der Waals surface area contributed by atoms with E-state index in [0.29, 0.717) is 30.8 Å². The molecule has 1 amide bonds. The van der Waals surface area contributed by atoms with Crippen LogP contribution in [0.25, 0.3) is 0 Å². The van der Waals surface area contributed by atoms with Crippen LogP contribution in [0.3, 0.4) is 0 Å². The minimum absolute atomic E-state index is 0.0998. The number of aryl methyl sites for hydroxylation is 1. The molecule has 0 radical (unpaired) electrons. The Morgan fingerprint density at radius 3 is 1.96 bits per heavy atom. The summed E-state index contributed by atoms with van der Waals surface area (Å²) < 4.78 is 54.3. The van der Waals surface area contributed by atoms with E-state index in [9.17, 15) is 18.0 Å². The number of anilines is 1. The zero-order valence-corrected chi connectivity index (χ0v) is 29.0. The van der Waals surface area contributed by atoms with Gasteiger partial charge in [0.25, 0.3) is 8.32 Å². The molecule has 1 unspecified atom stereocenters. The predicted molar refractivity (Wildman–Crippen MR) is 183 cm³/mol. The molecule has 0 heterocycles. The molecular weight excluding hydrogens is 650 g/mol. The first-order chi connectivity index (χ1) is 21.7. The first kappa shape index (κ1) is 35.5. The number of hydrogen-bond acceptors (Lipinski definition) is 3. The van der Waals surface area contributed by atoms with E-state index in [4.69, 9.17) is 32.4 Å². The van der Waals surface area contributed by atoms with Crippen LogP contribution in [0.1, 0.15) is 56.2 Å². The van der Waals surface area contributed by atoms with Gasteiger partial charge < -0.3 is 14.5 Å². The van der Waals surface area contributed by atoms with Crippen molar-refractivity contribution in [1.82, 2.24) is 0 Å². The second kappa shape index (κ2) is 14.6. The molecule has 0 aliphatic carbocycles. The minimum Gasteiger partial charge on any atom is -0.496 e. The summed E-state index contributed by atoms with van der Waals surface area (Å²) in [7, 11) is -1.29. The fourth-order valence-corrected chi connectivity index (χ4v) is 10.8. The fourth-order valence-electron chi connectivity index (χ4n) is 5.88. The summed E-state index contributed by atoms with van der Waals surface area (Å²) in [6.45, 7) is 8.76. The first-order valence-electron chi connectivity index (χ1n) is 15.0. The molecule has 4 nitrogen and oxygen atoms in total. The largest absolute Gasteiger partial charge is 0.496 e. The number of ether oxygens (including phenoxy) is 1. The van der Waals surface area contributed by atoms with E-state index in [1.807, 2.05) is 49.4 Å². The second-order valence-corrected chi connectivity index (χ2v) is 17.4. The van der Waals surface area contributed by atoms with Gasteiger partial charge in [-0.3, -0.25) is 4.79 Å². The lowest BCUT2D eigenvalue weighted by molar-refractivity contribution is -0.137. The van der Waals surface area contributed by atoms with Crippen LogP contribution in [0.2, 0.25) is 15.1 Å². The van der Waals surface area contributed by atoms with E-state index in [1.54, 1.807) is 12.1 Å². The Kier molecular flexibility index (Phi) is 11.3. The van der Waals surface area contributed by atoms with Crippen molar-refractivity contribution < 1.29 is 27.1 Å². The quantitative estimate of drug-likeness (QED) is 0.126. The van der Waals surface area contributed by atoms with E-state index in [2.05, 4.69) is 50.4 Å². The Labute approximate surface area is 280 Å².